The first-order chi connectivity index (χ1) is 13.9. The summed E-state index contributed by atoms with van der Waals surface area (Å²) in [5.74, 6) is -1.18. The molecular weight excluding hydrogens is 410 g/mol. The highest BCUT2D eigenvalue weighted by molar-refractivity contribution is 7.98. The predicted molar refractivity (Wildman–Crippen MR) is 112 cm³/mol. The van der Waals surface area contributed by atoms with Gasteiger partial charge in [0.2, 0.25) is 10.0 Å². The Morgan fingerprint density at radius 2 is 1.79 bits per heavy atom. The summed E-state index contributed by atoms with van der Waals surface area (Å²) >= 11 is 1.60. The van der Waals surface area contributed by atoms with Gasteiger partial charge in [0, 0.05) is 29.5 Å². The van der Waals surface area contributed by atoms with Crippen LogP contribution in [0.1, 0.15) is 33.6 Å². The normalized spacial score (nSPS) is 17.7. The first-order valence-electron chi connectivity index (χ1n) is 9.24. The average Bonchev–Trinajstić information content (AvgIpc) is 2.78. The van der Waals surface area contributed by atoms with E-state index in [1.165, 1.54) is 23.5 Å². The lowest BCUT2D eigenvalue weighted by atomic mass is 9.91. The van der Waals surface area contributed by atoms with Crippen LogP contribution in [-0.4, -0.2) is 50.9 Å². The molecule has 0 aromatic heterocycles. The topological polar surface area (TPSA) is 80.8 Å². The number of methoxy groups -OCH3 is 1. The second kappa shape index (κ2) is 9.11. The Morgan fingerprint density at radius 3 is 2.45 bits per heavy atom. The van der Waals surface area contributed by atoms with E-state index in [1.54, 1.807) is 36.0 Å². The Kier molecular flexibility index (Phi) is 6.77. The zero-order valence-electron chi connectivity index (χ0n) is 16.3. The second-order valence-electron chi connectivity index (χ2n) is 6.78. The zero-order chi connectivity index (χ0) is 21.0. The Bertz CT molecular complexity index is 1000. The molecule has 1 atom stereocenters. The van der Waals surface area contributed by atoms with E-state index in [4.69, 9.17) is 4.74 Å². The summed E-state index contributed by atoms with van der Waals surface area (Å²) in [6, 6.07) is 13.3. The van der Waals surface area contributed by atoms with Crippen molar-refractivity contribution in [3.63, 3.8) is 0 Å². The first kappa shape index (κ1) is 21.5. The maximum atomic E-state index is 13.2. The Balaban J connectivity index is 1.85. The molecule has 1 saturated heterocycles. The fourth-order valence-electron chi connectivity index (χ4n) is 3.47. The van der Waals surface area contributed by atoms with Crippen LogP contribution >= 0.6 is 11.8 Å². The van der Waals surface area contributed by atoms with Gasteiger partial charge >= 0.3 is 5.97 Å². The molecule has 1 aliphatic heterocycles. The van der Waals surface area contributed by atoms with Crippen LogP contribution in [0, 0.1) is 5.92 Å². The molecule has 8 heteroatoms. The maximum Gasteiger partial charge on any atom is 0.339 e. The minimum absolute atomic E-state index is 0.00361. The van der Waals surface area contributed by atoms with Gasteiger partial charge in [-0.05, 0) is 43.4 Å². The number of ketones is 1. The van der Waals surface area contributed by atoms with Gasteiger partial charge in [-0.15, -0.1) is 11.8 Å². The Labute approximate surface area is 175 Å². The fraction of sp³-hybridized carbons (Fsp3) is 0.333. The predicted octanol–water partition coefficient (Wildman–Crippen LogP) is 3.48. The van der Waals surface area contributed by atoms with Crippen molar-refractivity contribution in [3.05, 3.63) is 59.7 Å². The molecule has 1 fully saturated rings. The van der Waals surface area contributed by atoms with E-state index >= 15 is 0 Å². The van der Waals surface area contributed by atoms with E-state index in [0.717, 1.165) is 4.90 Å². The highest BCUT2D eigenvalue weighted by atomic mass is 32.2. The largest absolute Gasteiger partial charge is 0.465 e. The van der Waals surface area contributed by atoms with Crippen LogP contribution in [0.4, 0.5) is 0 Å². The number of Topliss-reactive ketones (excluding diaryl/α,β-unsaturated/α-hetero) is 1. The third-order valence-corrected chi connectivity index (χ3v) is 7.71. The van der Waals surface area contributed by atoms with E-state index in [2.05, 4.69) is 0 Å². The smallest absolute Gasteiger partial charge is 0.339 e. The van der Waals surface area contributed by atoms with Crippen molar-refractivity contribution in [1.29, 1.82) is 0 Å². The number of ether oxygens (including phenoxy) is 1. The van der Waals surface area contributed by atoms with Gasteiger partial charge in [0.25, 0.3) is 0 Å². The highest BCUT2D eigenvalue weighted by Crippen LogP contribution is 2.28. The molecule has 0 amide bonds. The number of carbonyl (C=O) groups excluding carboxylic acids is 2. The molecule has 0 spiro atoms. The number of hydrogen-bond donors (Lipinski definition) is 0. The van der Waals surface area contributed by atoms with Crippen molar-refractivity contribution < 1.29 is 22.7 Å². The van der Waals surface area contributed by atoms with Gasteiger partial charge in [0.05, 0.1) is 17.6 Å². The van der Waals surface area contributed by atoms with Crippen LogP contribution in [-0.2, 0) is 14.8 Å². The van der Waals surface area contributed by atoms with E-state index < -0.39 is 21.9 Å². The molecule has 0 aliphatic carbocycles. The third-order valence-electron chi connectivity index (χ3n) is 5.04. The minimum Gasteiger partial charge on any atom is -0.465 e. The molecule has 6 nitrogen and oxygen atoms in total. The lowest BCUT2D eigenvalue weighted by molar-refractivity contribution is 0.0595. The van der Waals surface area contributed by atoms with Crippen LogP contribution < -0.4 is 0 Å². The monoisotopic (exact) mass is 433 g/mol. The molecule has 2 aromatic rings. The molecule has 29 heavy (non-hydrogen) atoms. The highest BCUT2D eigenvalue weighted by Gasteiger charge is 2.35. The van der Waals surface area contributed by atoms with E-state index in [0.29, 0.717) is 24.9 Å². The number of carbonyl (C=O) groups is 2. The molecule has 0 N–H and O–H groups in total. The Hall–Kier alpha value is -2.16. The number of benzene rings is 2. The van der Waals surface area contributed by atoms with Gasteiger partial charge < -0.3 is 4.74 Å². The molecular formula is C21H23NO5S2. The molecule has 3 rings (SSSR count). The van der Waals surface area contributed by atoms with E-state index in [9.17, 15) is 18.0 Å². The van der Waals surface area contributed by atoms with Gasteiger partial charge in [0.15, 0.2) is 5.78 Å². The number of thioether (sulfide) groups is 1. The van der Waals surface area contributed by atoms with Crippen LogP contribution in [0.3, 0.4) is 0 Å². The van der Waals surface area contributed by atoms with Gasteiger partial charge in [-0.3, -0.25) is 4.79 Å². The molecule has 154 valence electrons. The lowest BCUT2D eigenvalue weighted by Gasteiger charge is -2.31. The summed E-state index contributed by atoms with van der Waals surface area (Å²) in [5.41, 5.74) is 0.582. The van der Waals surface area contributed by atoms with Crippen molar-refractivity contribution in [3.8, 4) is 0 Å². The summed E-state index contributed by atoms with van der Waals surface area (Å²) in [7, 11) is -2.72. The molecule has 0 bridgehead atoms. The van der Waals surface area contributed by atoms with Gasteiger partial charge in [-0.2, -0.15) is 4.31 Å². The molecule has 0 radical (unpaired) electrons. The third kappa shape index (κ3) is 4.55. The number of piperidine rings is 1. The van der Waals surface area contributed by atoms with Crippen LogP contribution in [0.25, 0.3) is 0 Å². The summed E-state index contributed by atoms with van der Waals surface area (Å²) in [6.45, 7) is 0.411. The SMILES string of the molecule is COC(=O)c1ccccc1S(=O)(=O)N1CCC[C@@H](C(=O)c2ccc(SC)cc2)C1. The number of sulfonamides is 1. The minimum atomic E-state index is -3.93. The van der Waals surface area contributed by atoms with Crippen molar-refractivity contribution in [2.45, 2.75) is 22.6 Å². The van der Waals surface area contributed by atoms with Gasteiger partial charge in [-0.25, -0.2) is 13.2 Å². The molecule has 0 saturated carbocycles. The number of nitrogens with zero attached hydrogens (tertiary/aromatic N) is 1. The zero-order valence-corrected chi connectivity index (χ0v) is 18.0. The molecule has 1 heterocycles. The molecule has 0 unspecified atom stereocenters. The summed E-state index contributed by atoms with van der Waals surface area (Å²) in [6.07, 6.45) is 3.18. The molecule has 2 aromatic carbocycles. The standard InChI is InChI=1S/C21H23NO5S2/c1-27-21(24)18-7-3-4-8-19(18)29(25,26)22-13-5-6-16(14-22)20(23)15-9-11-17(28-2)12-10-15/h3-4,7-12,16H,5-6,13-14H2,1-2H3/t16-/m1/s1. The van der Waals surface area contributed by atoms with Crippen LogP contribution in [0.15, 0.2) is 58.3 Å². The van der Waals surface area contributed by atoms with Crippen molar-refractivity contribution >= 4 is 33.5 Å². The average molecular weight is 434 g/mol. The summed E-state index contributed by atoms with van der Waals surface area (Å²) in [4.78, 5) is 25.9. The van der Waals surface area contributed by atoms with E-state index in [1.807, 2.05) is 18.4 Å². The molecule has 1 aliphatic rings. The second-order valence-corrected chi connectivity index (χ2v) is 9.57. The summed E-state index contributed by atoms with van der Waals surface area (Å²) in [5, 5.41) is 0. The fourth-order valence-corrected chi connectivity index (χ4v) is 5.59. The van der Waals surface area contributed by atoms with E-state index in [-0.39, 0.29) is 22.8 Å². The number of esters is 1. The van der Waals surface area contributed by atoms with Gasteiger partial charge in [-0.1, -0.05) is 24.3 Å². The Morgan fingerprint density at radius 1 is 1.10 bits per heavy atom. The summed E-state index contributed by atoms with van der Waals surface area (Å²) < 4.78 is 32.5. The quantitative estimate of drug-likeness (QED) is 0.394. The van der Waals surface area contributed by atoms with Crippen LogP contribution in [0.2, 0.25) is 0 Å². The number of hydrogen-bond acceptors (Lipinski definition) is 6. The lowest BCUT2D eigenvalue weighted by Crippen LogP contribution is -2.42. The number of rotatable bonds is 6. The van der Waals surface area contributed by atoms with Crippen molar-refractivity contribution in [1.82, 2.24) is 4.31 Å². The van der Waals surface area contributed by atoms with Crippen molar-refractivity contribution in [2.75, 3.05) is 26.5 Å². The van der Waals surface area contributed by atoms with Crippen LogP contribution in [0.5, 0.6) is 0 Å². The van der Waals surface area contributed by atoms with Gasteiger partial charge in [0.1, 0.15) is 0 Å². The van der Waals surface area contributed by atoms with Crippen molar-refractivity contribution in [2.24, 2.45) is 5.92 Å². The first-order valence-corrected chi connectivity index (χ1v) is 11.9. The maximum absolute atomic E-state index is 13.2.